The van der Waals surface area contributed by atoms with Crippen LogP contribution in [0.15, 0.2) is 24.5 Å². The second kappa shape index (κ2) is 5.14. The third-order valence-electron chi connectivity index (χ3n) is 2.65. The van der Waals surface area contributed by atoms with Gasteiger partial charge in [-0.1, -0.05) is 13.8 Å². The molecule has 0 amide bonds. The van der Waals surface area contributed by atoms with E-state index in [-0.39, 0.29) is 6.04 Å². The smallest absolute Gasteiger partial charge is 0.157 e. The first-order chi connectivity index (χ1) is 8.19. The van der Waals surface area contributed by atoms with Crippen LogP contribution in [0.2, 0.25) is 0 Å². The monoisotopic (exact) mass is 233 g/mol. The maximum atomic E-state index is 5.75. The van der Waals surface area contributed by atoms with Gasteiger partial charge in [-0.05, 0) is 18.4 Å². The van der Waals surface area contributed by atoms with Gasteiger partial charge in [0.15, 0.2) is 5.65 Å². The zero-order chi connectivity index (χ0) is 12.3. The Morgan fingerprint density at radius 3 is 2.94 bits per heavy atom. The van der Waals surface area contributed by atoms with E-state index in [2.05, 4.69) is 29.2 Å². The van der Waals surface area contributed by atoms with Crippen molar-refractivity contribution in [3.05, 3.63) is 24.5 Å². The number of aromatic nitrogens is 3. The summed E-state index contributed by atoms with van der Waals surface area (Å²) >= 11 is 0. The standard InChI is InChI=1S/C12H19N5/c1-9(2)7-10(8-13)15-11-4-6-17-12(16-11)3-5-14-17/h3-6,9-10H,7-8,13H2,1-2H3,(H,15,16). The van der Waals surface area contributed by atoms with Crippen molar-refractivity contribution in [2.24, 2.45) is 11.7 Å². The van der Waals surface area contributed by atoms with Gasteiger partial charge in [0.1, 0.15) is 5.82 Å². The number of nitrogens with zero attached hydrogens (tertiary/aromatic N) is 3. The van der Waals surface area contributed by atoms with Crippen LogP contribution >= 0.6 is 0 Å². The molecule has 5 heteroatoms. The second-order valence-corrected chi connectivity index (χ2v) is 4.65. The van der Waals surface area contributed by atoms with Gasteiger partial charge in [-0.25, -0.2) is 9.50 Å². The molecule has 5 nitrogen and oxygen atoms in total. The lowest BCUT2D eigenvalue weighted by Gasteiger charge is -2.19. The number of hydrogen-bond donors (Lipinski definition) is 2. The first-order valence-electron chi connectivity index (χ1n) is 5.96. The molecule has 0 saturated heterocycles. The normalized spacial score (nSPS) is 13.2. The minimum atomic E-state index is 0.271. The topological polar surface area (TPSA) is 68.2 Å². The molecule has 3 N–H and O–H groups in total. The lowest BCUT2D eigenvalue weighted by molar-refractivity contribution is 0.521. The molecule has 1 unspecified atom stereocenters. The minimum Gasteiger partial charge on any atom is -0.366 e. The maximum Gasteiger partial charge on any atom is 0.157 e. The summed E-state index contributed by atoms with van der Waals surface area (Å²) < 4.78 is 1.74. The van der Waals surface area contributed by atoms with Crippen molar-refractivity contribution in [2.75, 3.05) is 11.9 Å². The molecule has 0 aromatic carbocycles. The van der Waals surface area contributed by atoms with Crippen molar-refractivity contribution < 1.29 is 0 Å². The van der Waals surface area contributed by atoms with E-state index in [0.717, 1.165) is 17.9 Å². The van der Waals surface area contributed by atoms with Crippen molar-refractivity contribution in [3.63, 3.8) is 0 Å². The van der Waals surface area contributed by atoms with Crippen LogP contribution < -0.4 is 11.1 Å². The van der Waals surface area contributed by atoms with Crippen molar-refractivity contribution in [1.82, 2.24) is 14.6 Å². The van der Waals surface area contributed by atoms with E-state index in [4.69, 9.17) is 5.73 Å². The molecule has 17 heavy (non-hydrogen) atoms. The Morgan fingerprint density at radius 2 is 2.24 bits per heavy atom. The van der Waals surface area contributed by atoms with E-state index in [0.29, 0.717) is 12.5 Å². The fourth-order valence-corrected chi connectivity index (χ4v) is 1.89. The maximum absolute atomic E-state index is 5.75. The van der Waals surface area contributed by atoms with Crippen molar-refractivity contribution >= 4 is 11.5 Å². The van der Waals surface area contributed by atoms with Crippen LogP contribution in [0, 0.1) is 5.92 Å². The molecule has 0 saturated carbocycles. The van der Waals surface area contributed by atoms with Gasteiger partial charge in [-0.3, -0.25) is 0 Å². The van der Waals surface area contributed by atoms with Gasteiger partial charge < -0.3 is 11.1 Å². The number of fused-ring (bicyclic) bond motifs is 1. The van der Waals surface area contributed by atoms with Gasteiger partial charge >= 0.3 is 0 Å². The first kappa shape index (κ1) is 11.9. The molecule has 0 bridgehead atoms. The Morgan fingerprint density at radius 1 is 1.41 bits per heavy atom. The summed E-state index contributed by atoms with van der Waals surface area (Å²) in [5.41, 5.74) is 6.60. The molecule has 0 spiro atoms. The Hall–Kier alpha value is -1.62. The average Bonchev–Trinajstić information content (AvgIpc) is 2.74. The summed E-state index contributed by atoms with van der Waals surface area (Å²) in [7, 11) is 0. The Balaban J connectivity index is 2.10. The number of nitrogens with one attached hydrogen (secondary N) is 1. The third kappa shape index (κ3) is 2.94. The quantitative estimate of drug-likeness (QED) is 0.821. The lowest BCUT2D eigenvalue weighted by atomic mass is 10.0. The molecule has 2 rings (SSSR count). The molecule has 1 atom stereocenters. The van der Waals surface area contributed by atoms with Crippen LogP contribution in [0.5, 0.6) is 0 Å². The molecular weight excluding hydrogens is 214 g/mol. The summed E-state index contributed by atoms with van der Waals surface area (Å²) in [4.78, 5) is 4.46. The molecule has 0 aliphatic rings. The van der Waals surface area contributed by atoms with E-state index in [1.807, 2.05) is 18.3 Å². The van der Waals surface area contributed by atoms with E-state index >= 15 is 0 Å². The van der Waals surface area contributed by atoms with Crippen LogP contribution in [-0.4, -0.2) is 27.2 Å². The summed E-state index contributed by atoms with van der Waals surface area (Å²) in [5, 5.41) is 7.47. The summed E-state index contributed by atoms with van der Waals surface area (Å²) in [6.45, 7) is 5.00. The predicted molar refractivity (Wildman–Crippen MR) is 68.9 cm³/mol. The van der Waals surface area contributed by atoms with Crippen molar-refractivity contribution in [1.29, 1.82) is 0 Å². The molecule has 0 aliphatic carbocycles. The highest BCUT2D eigenvalue weighted by atomic mass is 15.2. The molecule has 2 aromatic heterocycles. The first-order valence-corrected chi connectivity index (χ1v) is 5.96. The lowest BCUT2D eigenvalue weighted by Crippen LogP contribution is -2.30. The van der Waals surface area contributed by atoms with Crippen LogP contribution in [0.3, 0.4) is 0 Å². The zero-order valence-electron chi connectivity index (χ0n) is 10.3. The Kier molecular flexibility index (Phi) is 3.58. The van der Waals surface area contributed by atoms with Crippen molar-refractivity contribution in [3.8, 4) is 0 Å². The van der Waals surface area contributed by atoms with E-state index in [1.54, 1.807) is 10.7 Å². The zero-order valence-corrected chi connectivity index (χ0v) is 10.3. The fraction of sp³-hybridized carbons (Fsp3) is 0.500. The van der Waals surface area contributed by atoms with Crippen LogP contribution in [-0.2, 0) is 0 Å². The fourth-order valence-electron chi connectivity index (χ4n) is 1.89. The Labute approximate surface area is 101 Å². The minimum absolute atomic E-state index is 0.271. The number of rotatable bonds is 5. The van der Waals surface area contributed by atoms with Crippen LogP contribution in [0.4, 0.5) is 5.82 Å². The van der Waals surface area contributed by atoms with Gasteiger partial charge in [-0.2, -0.15) is 5.10 Å². The summed E-state index contributed by atoms with van der Waals surface area (Å²) in [6, 6.07) is 4.07. The molecule has 2 heterocycles. The third-order valence-corrected chi connectivity index (χ3v) is 2.65. The number of anilines is 1. The van der Waals surface area contributed by atoms with Crippen LogP contribution in [0.25, 0.3) is 5.65 Å². The highest BCUT2D eigenvalue weighted by molar-refractivity contribution is 5.45. The van der Waals surface area contributed by atoms with Crippen LogP contribution in [0.1, 0.15) is 20.3 Å². The summed E-state index contributed by atoms with van der Waals surface area (Å²) in [6.07, 6.45) is 4.68. The molecule has 2 aromatic rings. The number of hydrogen-bond acceptors (Lipinski definition) is 4. The van der Waals surface area contributed by atoms with E-state index in [1.165, 1.54) is 0 Å². The predicted octanol–water partition coefficient (Wildman–Crippen LogP) is 1.51. The van der Waals surface area contributed by atoms with Gasteiger partial charge in [-0.15, -0.1) is 0 Å². The van der Waals surface area contributed by atoms with E-state index < -0.39 is 0 Å². The van der Waals surface area contributed by atoms with E-state index in [9.17, 15) is 0 Å². The largest absolute Gasteiger partial charge is 0.366 e. The molecule has 0 aliphatic heterocycles. The molecular formula is C12H19N5. The summed E-state index contributed by atoms with van der Waals surface area (Å²) in [5.74, 6) is 1.48. The molecule has 0 radical (unpaired) electrons. The van der Waals surface area contributed by atoms with Gasteiger partial charge in [0, 0.05) is 24.8 Å². The van der Waals surface area contributed by atoms with Gasteiger partial charge in [0.05, 0.1) is 6.20 Å². The number of nitrogens with two attached hydrogens (primary N) is 1. The SMILES string of the molecule is CC(C)CC(CN)Nc1ccn2nccc2n1. The Bertz CT molecular complexity index is 476. The highest BCUT2D eigenvalue weighted by Crippen LogP contribution is 2.11. The molecule has 92 valence electrons. The highest BCUT2D eigenvalue weighted by Gasteiger charge is 2.09. The van der Waals surface area contributed by atoms with Crippen molar-refractivity contribution in [2.45, 2.75) is 26.3 Å². The molecule has 0 fully saturated rings. The van der Waals surface area contributed by atoms with Gasteiger partial charge in [0.2, 0.25) is 0 Å². The second-order valence-electron chi connectivity index (χ2n) is 4.65. The average molecular weight is 233 g/mol. The van der Waals surface area contributed by atoms with Gasteiger partial charge in [0.25, 0.3) is 0 Å².